The Kier molecular flexibility index (Phi) is 4.86. The first-order valence-corrected chi connectivity index (χ1v) is 9.39. The van der Waals surface area contributed by atoms with Crippen LogP contribution in [0.2, 0.25) is 0 Å². The van der Waals surface area contributed by atoms with Gasteiger partial charge in [0, 0.05) is 19.7 Å². The molecule has 3 saturated heterocycles. The summed E-state index contributed by atoms with van der Waals surface area (Å²) in [5, 5.41) is 0. The molecule has 1 aromatic carbocycles. The minimum atomic E-state index is 0.112. The Balaban J connectivity index is 1.17. The number of carbonyl (C=O) groups is 1. The third kappa shape index (κ3) is 3.50. The molecule has 3 aliphatic rings. The molecule has 2 bridgehead atoms. The van der Waals surface area contributed by atoms with E-state index in [0.717, 1.165) is 58.2 Å². The fourth-order valence-corrected chi connectivity index (χ4v) is 4.37. The quantitative estimate of drug-likeness (QED) is 0.753. The first-order chi connectivity index (χ1) is 11.8. The second-order valence-electron chi connectivity index (χ2n) is 7.37. The maximum absolute atomic E-state index is 12.7. The number of aryl methyl sites for hydroxylation is 1. The van der Waals surface area contributed by atoms with Crippen LogP contribution in [-0.2, 0) is 20.7 Å². The van der Waals surface area contributed by atoms with Gasteiger partial charge in [0.05, 0.1) is 24.2 Å². The Morgan fingerprint density at radius 1 is 1.21 bits per heavy atom. The molecule has 1 aromatic rings. The lowest BCUT2D eigenvalue weighted by Crippen LogP contribution is -2.39. The fraction of sp³-hybridized carbons (Fsp3) is 0.650. The Bertz CT molecular complexity index is 561. The fourth-order valence-electron chi connectivity index (χ4n) is 4.37. The van der Waals surface area contributed by atoms with Gasteiger partial charge in [0.2, 0.25) is 5.91 Å². The Labute approximate surface area is 144 Å². The van der Waals surface area contributed by atoms with Crippen LogP contribution in [0.3, 0.4) is 0 Å². The molecule has 0 aliphatic carbocycles. The van der Waals surface area contributed by atoms with Crippen LogP contribution in [0.1, 0.15) is 37.7 Å². The summed E-state index contributed by atoms with van der Waals surface area (Å²) in [6.45, 7) is 2.38. The largest absolute Gasteiger partial charge is 0.376 e. The van der Waals surface area contributed by atoms with Crippen LogP contribution in [0.5, 0.6) is 0 Å². The molecule has 3 heterocycles. The van der Waals surface area contributed by atoms with Crippen molar-refractivity contribution < 1.29 is 14.3 Å². The van der Waals surface area contributed by atoms with Gasteiger partial charge in [0.1, 0.15) is 0 Å². The van der Waals surface area contributed by atoms with Crippen LogP contribution in [0.4, 0.5) is 0 Å². The van der Waals surface area contributed by atoms with Gasteiger partial charge in [-0.1, -0.05) is 30.3 Å². The third-order valence-corrected chi connectivity index (χ3v) is 5.69. The molecule has 130 valence electrons. The number of hydrogen-bond donors (Lipinski definition) is 0. The Morgan fingerprint density at radius 3 is 2.83 bits per heavy atom. The number of likely N-dealkylation sites (tertiary alicyclic amines) is 1. The summed E-state index contributed by atoms with van der Waals surface area (Å²) in [6.07, 6.45) is 6.94. The van der Waals surface area contributed by atoms with Crippen molar-refractivity contribution in [3.63, 3.8) is 0 Å². The summed E-state index contributed by atoms with van der Waals surface area (Å²) in [4.78, 5) is 14.7. The van der Waals surface area contributed by atoms with Gasteiger partial charge in [0.25, 0.3) is 0 Å². The van der Waals surface area contributed by atoms with Gasteiger partial charge in [-0.15, -0.1) is 0 Å². The van der Waals surface area contributed by atoms with Crippen LogP contribution in [0.25, 0.3) is 0 Å². The first-order valence-electron chi connectivity index (χ1n) is 9.39. The average molecular weight is 329 g/mol. The minimum absolute atomic E-state index is 0.112. The molecule has 0 radical (unpaired) electrons. The van der Waals surface area contributed by atoms with E-state index in [9.17, 15) is 4.79 Å². The van der Waals surface area contributed by atoms with Crippen molar-refractivity contribution in [2.24, 2.45) is 5.92 Å². The van der Waals surface area contributed by atoms with Crippen LogP contribution in [0, 0.1) is 5.92 Å². The van der Waals surface area contributed by atoms with Gasteiger partial charge in [-0.2, -0.15) is 0 Å². The second-order valence-corrected chi connectivity index (χ2v) is 7.37. The van der Waals surface area contributed by atoms with Gasteiger partial charge in [0.15, 0.2) is 0 Å². The number of benzene rings is 1. The SMILES string of the molecule is O=C([C@@H]1C[C@H]2CC[C@H]1O2)N1CC[C@H](OCCCc2ccccc2)C1. The minimum Gasteiger partial charge on any atom is -0.376 e. The zero-order chi connectivity index (χ0) is 16.4. The summed E-state index contributed by atoms with van der Waals surface area (Å²) in [5.41, 5.74) is 1.36. The predicted octanol–water partition coefficient (Wildman–Crippen LogP) is 2.80. The Morgan fingerprint density at radius 2 is 2.08 bits per heavy atom. The van der Waals surface area contributed by atoms with Crippen molar-refractivity contribution in [1.29, 1.82) is 0 Å². The summed E-state index contributed by atoms with van der Waals surface area (Å²) < 4.78 is 11.8. The monoisotopic (exact) mass is 329 g/mol. The van der Waals surface area contributed by atoms with E-state index in [-0.39, 0.29) is 18.1 Å². The molecule has 3 fully saturated rings. The van der Waals surface area contributed by atoms with Crippen LogP contribution >= 0.6 is 0 Å². The number of hydrogen-bond acceptors (Lipinski definition) is 3. The van der Waals surface area contributed by atoms with Crippen LogP contribution in [-0.4, -0.2) is 48.8 Å². The number of rotatable bonds is 6. The van der Waals surface area contributed by atoms with Crippen molar-refractivity contribution in [3.05, 3.63) is 35.9 Å². The van der Waals surface area contributed by atoms with E-state index in [1.54, 1.807) is 0 Å². The zero-order valence-corrected chi connectivity index (χ0v) is 14.2. The van der Waals surface area contributed by atoms with Crippen molar-refractivity contribution >= 4 is 5.91 Å². The van der Waals surface area contributed by atoms with E-state index in [1.165, 1.54) is 5.56 Å². The van der Waals surface area contributed by atoms with E-state index in [4.69, 9.17) is 9.47 Å². The average Bonchev–Trinajstić information content (AvgIpc) is 3.35. The highest BCUT2D eigenvalue weighted by Crippen LogP contribution is 2.40. The number of ether oxygens (including phenoxy) is 2. The Hall–Kier alpha value is -1.39. The van der Waals surface area contributed by atoms with Gasteiger partial charge >= 0.3 is 0 Å². The van der Waals surface area contributed by atoms with E-state index >= 15 is 0 Å². The highest BCUT2D eigenvalue weighted by atomic mass is 16.5. The lowest BCUT2D eigenvalue weighted by atomic mass is 9.88. The molecule has 3 aliphatic heterocycles. The van der Waals surface area contributed by atoms with E-state index in [1.807, 2.05) is 11.0 Å². The van der Waals surface area contributed by atoms with Gasteiger partial charge < -0.3 is 14.4 Å². The summed E-state index contributed by atoms with van der Waals surface area (Å²) in [5.74, 6) is 0.415. The van der Waals surface area contributed by atoms with Gasteiger partial charge in [-0.3, -0.25) is 4.79 Å². The summed E-state index contributed by atoms with van der Waals surface area (Å²) in [6, 6.07) is 10.5. The molecular formula is C20H27NO3. The van der Waals surface area contributed by atoms with E-state index in [2.05, 4.69) is 24.3 Å². The maximum Gasteiger partial charge on any atom is 0.228 e. The van der Waals surface area contributed by atoms with Gasteiger partial charge in [-0.25, -0.2) is 0 Å². The standard InChI is InChI=1S/C20H27NO3/c22-20(18-13-16-8-9-19(18)24-16)21-11-10-17(14-21)23-12-4-7-15-5-2-1-3-6-15/h1-3,5-6,16-19H,4,7-14H2/t16-,17+,18-,19-/m1/s1. The zero-order valence-electron chi connectivity index (χ0n) is 14.2. The number of carbonyl (C=O) groups excluding carboxylic acids is 1. The lowest BCUT2D eigenvalue weighted by Gasteiger charge is -2.24. The molecule has 0 unspecified atom stereocenters. The molecule has 0 saturated carbocycles. The topological polar surface area (TPSA) is 38.8 Å². The second kappa shape index (κ2) is 7.24. The highest BCUT2D eigenvalue weighted by molar-refractivity contribution is 5.80. The molecule has 4 atom stereocenters. The normalized spacial score (nSPS) is 31.8. The van der Waals surface area contributed by atoms with E-state index in [0.29, 0.717) is 12.0 Å². The molecule has 0 N–H and O–H groups in total. The maximum atomic E-state index is 12.7. The van der Waals surface area contributed by atoms with Crippen molar-refractivity contribution in [3.8, 4) is 0 Å². The van der Waals surface area contributed by atoms with E-state index < -0.39 is 0 Å². The lowest BCUT2D eigenvalue weighted by molar-refractivity contribution is -0.136. The molecular weight excluding hydrogens is 302 g/mol. The first kappa shape index (κ1) is 16.1. The van der Waals surface area contributed by atoms with Gasteiger partial charge in [-0.05, 0) is 44.1 Å². The summed E-state index contributed by atoms with van der Waals surface area (Å²) >= 11 is 0. The molecule has 24 heavy (non-hydrogen) atoms. The van der Waals surface area contributed by atoms with Crippen molar-refractivity contribution in [2.75, 3.05) is 19.7 Å². The molecule has 4 heteroatoms. The van der Waals surface area contributed by atoms with Crippen molar-refractivity contribution in [2.45, 2.75) is 56.8 Å². The molecule has 0 aromatic heterocycles. The number of amides is 1. The predicted molar refractivity (Wildman–Crippen MR) is 91.7 cm³/mol. The molecule has 0 spiro atoms. The van der Waals surface area contributed by atoms with Crippen molar-refractivity contribution in [1.82, 2.24) is 4.90 Å². The molecule has 4 rings (SSSR count). The smallest absolute Gasteiger partial charge is 0.228 e. The third-order valence-electron chi connectivity index (χ3n) is 5.69. The van der Waals surface area contributed by atoms with Crippen LogP contribution in [0.15, 0.2) is 30.3 Å². The summed E-state index contributed by atoms with van der Waals surface area (Å²) in [7, 11) is 0. The number of nitrogens with zero attached hydrogens (tertiary/aromatic N) is 1. The highest BCUT2D eigenvalue weighted by Gasteiger charge is 2.46. The molecule has 1 amide bonds. The van der Waals surface area contributed by atoms with Crippen LogP contribution < -0.4 is 0 Å². The number of fused-ring (bicyclic) bond motifs is 2. The molecule has 4 nitrogen and oxygen atoms in total.